The molecule has 0 aromatic rings. The van der Waals surface area contributed by atoms with Crippen LogP contribution in [0.5, 0.6) is 0 Å². The van der Waals surface area contributed by atoms with Crippen LogP contribution in [-0.2, 0) is 14.3 Å². The Labute approximate surface area is 109 Å². The zero-order valence-electron chi connectivity index (χ0n) is 11.7. The van der Waals surface area contributed by atoms with Gasteiger partial charge in [0.05, 0.1) is 0 Å². The number of nitrogens with one attached hydrogen (secondary N) is 1. The van der Waals surface area contributed by atoms with Gasteiger partial charge in [0.2, 0.25) is 11.8 Å². The monoisotopic (exact) mass is 256 g/mol. The van der Waals surface area contributed by atoms with Gasteiger partial charge in [0.1, 0.15) is 12.1 Å². The minimum absolute atomic E-state index is 0.0348. The van der Waals surface area contributed by atoms with Crippen molar-refractivity contribution in [1.29, 1.82) is 0 Å². The van der Waals surface area contributed by atoms with Crippen LogP contribution in [0.1, 0.15) is 33.6 Å². The molecule has 0 aliphatic carbocycles. The van der Waals surface area contributed by atoms with E-state index in [-0.39, 0.29) is 29.8 Å². The lowest BCUT2D eigenvalue weighted by atomic mass is 9.94. The summed E-state index contributed by atoms with van der Waals surface area (Å²) in [6.45, 7) is 6.97. The van der Waals surface area contributed by atoms with Gasteiger partial charge in [-0.15, -0.1) is 0 Å². The molecule has 18 heavy (non-hydrogen) atoms. The Balaban J connectivity index is 2.72. The highest BCUT2D eigenvalue weighted by atomic mass is 16.5. The molecule has 2 amide bonds. The van der Waals surface area contributed by atoms with E-state index >= 15 is 0 Å². The van der Waals surface area contributed by atoms with E-state index in [0.717, 1.165) is 12.8 Å². The quantitative estimate of drug-likeness (QED) is 0.715. The number of carbonyl (C=O) groups excluding carboxylic acids is 2. The number of amides is 2. The van der Waals surface area contributed by atoms with Crippen LogP contribution in [0.4, 0.5) is 0 Å². The molecule has 1 aliphatic rings. The summed E-state index contributed by atoms with van der Waals surface area (Å²) in [6, 6.07) is -0.754. The van der Waals surface area contributed by atoms with Gasteiger partial charge in [-0.25, -0.2) is 0 Å². The van der Waals surface area contributed by atoms with Crippen LogP contribution in [0.3, 0.4) is 0 Å². The van der Waals surface area contributed by atoms with E-state index in [2.05, 4.69) is 5.32 Å². The van der Waals surface area contributed by atoms with Gasteiger partial charge >= 0.3 is 0 Å². The lowest BCUT2D eigenvalue weighted by Crippen LogP contribution is -2.64. The van der Waals surface area contributed by atoms with Crippen LogP contribution in [-0.4, -0.2) is 49.1 Å². The molecule has 3 atom stereocenters. The van der Waals surface area contributed by atoms with E-state index in [0.29, 0.717) is 13.2 Å². The highest BCUT2D eigenvalue weighted by molar-refractivity contribution is 5.96. The third-order valence-electron chi connectivity index (χ3n) is 3.65. The molecular weight excluding hydrogens is 232 g/mol. The summed E-state index contributed by atoms with van der Waals surface area (Å²) >= 11 is 0. The van der Waals surface area contributed by atoms with Crippen LogP contribution in [0.2, 0.25) is 0 Å². The summed E-state index contributed by atoms with van der Waals surface area (Å²) in [5.41, 5.74) is 0. The van der Waals surface area contributed by atoms with Gasteiger partial charge in [0.25, 0.3) is 0 Å². The van der Waals surface area contributed by atoms with E-state index in [4.69, 9.17) is 4.74 Å². The summed E-state index contributed by atoms with van der Waals surface area (Å²) in [4.78, 5) is 25.9. The smallest absolute Gasteiger partial charge is 0.246 e. The highest BCUT2D eigenvalue weighted by Gasteiger charge is 2.39. The van der Waals surface area contributed by atoms with E-state index < -0.39 is 0 Å². The predicted octanol–water partition coefficient (Wildman–Crippen LogP) is 0.784. The number of methoxy groups -OCH3 is 1. The molecule has 1 saturated heterocycles. The average Bonchev–Trinajstić information content (AvgIpc) is 2.37. The standard InChI is InChI=1S/C13H24N2O3/c1-5-9(2)11-13(17)15(7-6-8-18-4)10(3)12(16)14-11/h9-11H,5-8H2,1-4H3,(H,14,16). The Morgan fingerprint density at radius 1 is 1.44 bits per heavy atom. The Bertz CT molecular complexity index is 307. The minimum atomic E-state index is -0.380. The molecule has 3 unspecified atom stereocenters. The molecular formula is C13H24N2O3. The van der Waals surface area contributed by atoms with Crippen molar-refractivity contribution < 1.29 is 14.3 Å². The first-order chi connectivity index (χ1) is 8.52. The zero-order chi connectivity index (χ0) is 13.7. The number of hydrogen-bond donors (Lipinski definition) is 1. The molecule has 0 bridgehead atoms. The van der Waals surface area contributed by atoms with Crippen LogP contribution in [0.25, 0.3) is 0 Å². The maximum atomic E-state index is 12.3. The highest BCUT2D eigenvalue weighted by Crippen LogP contribution is 2.17. The van der Waals surface area contributed by atoms with Crippen molar-refractivity contribution in [3.05, 3.63) is 0 Å². The summed E-state index contributed by atoms with van der Waals surface area (Å²) in [5.74, 6) is 0.142. The Morgan fingerprint density at radius 2 is 2.11 bits per heavy atom. The molecule has 0 radical (unpaired) electrons. The summed E-state index contributed by atoms with van der Waals surface area (Å²) < 4.78 is 4.99. The normalized spacial score (nSPS) is 26.1. The third kappa shape index (κ3) is 3.22. The van der Waals surface area contributed by atoms with Crippen molar-refractivity contribution in [1.82, 2.24) is 10.2 Å². The lowest BCUT2D eigenvalue weighted by Gasteiger charge is -2.39. The second kappa shape index (κ2) is 6.73. The first-order valence-corrected chi connectivity index (χ1v) is 6.62. The van der Waals surface area contributed by atoms with Crippen molar-refractivity contribution in [2.75, 3.05) is 20.3 Å². The van der Waals surface area contributed by atoms with Gasteiger partial charge in [-0.1, -0.05) is 20.3 Å². The minimum Gasteiger partial charge on any atom is -0.385 e. The average molecular weight is 256 g/mol. The molecule has 1 rings (SSSR count). The Morgan fingerprint density at radius 3 is 2.67 bits per heavy atom. The van der Waals surface area contributed by atoms with Crippen LogP contribution < -0.4 is 5.32 Å². The third-order valence-corrected chi connectivity index (χ3v) is 3.65. The molecule has 5 nitrogen and oxygen atoms in total. The van der Waals surface area contributed by atoms with E-state index in [1.165, 1.54) is 0 Å². The maximum absolute atomic E-state index is 12.3. The van der Waals surface area contributed by atoms with Crippen LogP contribution in [0.15, 0.2) is 0 Å². The molecule has 1 fully saturated rings. The number of rotatable bonds is 6. The van der Waals surface area contributed by atoms with E-state index in [1.54, 1.807) is 18.9 Å². The first kappa shape index (κ1) is 15.0. The number of piperazine rings is 1. The molecule has 0 aromatic carbocycles. The van der Waals surface area contributed by atoms with Crippen molar-refractivity contribution in [2.45, 2.75) is 45.7 Å². The zero-order valence-corrected chi connectivity index (χ0v) is 11.7. The SMILES string of the molecule is CCC(C)C1NC(=O)C(C)N(CCCOC)C1=O. The van der Waals surface area contributed by atoms with Gasteiger partial charge < -0.3 is 15.0 Å². The number of nitrogens with zero attached hydrogens (tertiary/aromatic N) is 1. The Hall–Kier alpha value is -1.10. The fourth-order valence-electron chi connectivity index (χ4n) is 2.15. The fourth-order valence-corrected chi connectivity index (χ4v) is 2.15. The van der Waals surface area contributed by atoms with Crippen molar-refractivity contribution in [2.24, 2.45) is 5.92 Å². The van der Waals surface area contributed by atoms with E-state index in [1.807, 2.05) is 13.8 Å². The molecule has 1 N–H and O–H groups in total. The van der Waals surface area contributed by atoms with Gasteiger partial charge in [-0.3, -0.25) is 9.59 Å². The Kier molecular flexibility index (Phi) is 5.59. The van der Waals surface area contributed by atoms with Crippen LogP contribution in [0, 0.1) is 5.92 Å². The van der Waals surface area contributed by atoms with Crippen molar-refractivity contribution >= 4 is 11.8 Å². The largest absolute Gasteiger partial charge is 0.385 e. The molecule has 0 aromatic heterocycles. The van der Waals surface area contributed by atoms with Crippen LogP contribution >= 0.6 is 0 Å². The molecule has 104 valence electrons. The fraction of sp³-hybridized carbons (Fsp3) is 0.846. The van der Waals surface area contributed by atoms with Gasteiger partial charge in [-0.2, -0.15) is 0 Å². The van der Waals surface area contributed by atoms with Gasteiger partial charge in [-0.05, 0) is 19.3 Å². The predicted molar refractivity (Wildman–Crippen MR) is 69.1 cm³/mol. The van der Waals surface area contributed by atoms with Gasteiger partial charge in [0.15, 0.2) is 0 Å². The number of ether oxygens (including phenoxy) is 1. The molecule has 1 aliphatic heterocycles. The molecule has 1 heterocycles. The number of carbonyl (C=O) groups is 2. The van der Waals surface area contributed by atoms with Crippen molar-refractivity contribution in [3.8, 4) is 0 Å². The van der Waals surface area contributed by atoms with Gasteiger partial charge in [0, 0.05) is 20.3 Å². The van der Waals surface area contributed by atoms with Crippen molar-refractivity contribution in [3.63, 3.8) is 0 Å². The summed E-state index contributed by atoms with van der Waals surface area (Å²) in [7, 11) is 1.64. The second-order valence-electron chi connectivity index (χ2n) is 4.93. The molecule has 0 spiro atoms. The summed E-state index contributed by atoms with van der Waals surface area (Å²) in [5, 5.41) is 2.83. The topological polar surface area (TPSA) is 58.6 Å². The van der Waals surface area contributed by atoms with E-state index in [9.17, 15) is 9.59 Å². The summed E-state index contributed by atoms with van der Waals surface area (Å²) in [6.07, 6.45) is 1.63. The number of hydrogen-bond acceptors (Lipinski definition) is 3. The first-order valence-electron chi connectivity index (χ1n) is 6.62. The second-order valence-corrected chi connectivity index (χ2v) is 4.93. The maximum Gasteiger partial charge on any atom is 0.246 e. The molecule has 5 heteroatoms. The lowest BCUT2D eigenvalue weighted by molar-refractivity contribution is -0.150. The molecule has 0 saturated carbocycles.